The minimum Gasteiger partial charge on any atom is -0.375 e. The van der Waals surface area contributed by atoms with Crippen LogP contribution in [-0.2, 0) is 6.42 Å². The summed E-state index contributed by atoms with van der Waals surface area (Å²) >= 11 is 0. The summed E-state index contributed by atoms with van der Waals surface area (Å²) in [5.41, 5.74) is 12.1. The fourth-order valence-electron chi connectivity index (χ4n) is 5.28. The van der Waals surface area contributed by atoms with E-state index in [1.54, 1.807) is 0 Å². The van der Waals surface area contributed by atoms with E-state index < -0.39 is 0 Å². The highest BCUT2D eigenvalue weighted by molar-refractivity contribution is 5.73. The molecule has 0 radical (unpaired) electrons. The van der Waals surface area contributed by atoms with Gasteiger partial charge in [-0.15, -0.1) is 0 Å². The normalized spacial score (nSPS) is 15.9. The highest BCUT2D eigenvalue weighted by atomic mass is 15.1. The van der Waals surface area contributed by atoms with Gasteiger partial charge in [0.15, 0.2) is 0 Å². The van der Waals surface area contributed by atoms with E-state index in [1.165, 1.54) is 63.1 Å². The Balaban J connectivity index is 1.79. The number of benzene rings is 2. The average Bonchev–Trinajstić information content (AvgIpc) is 2.88. The van der Waals surface area contributed by atoms with Crippen LogP contribution in [0.15, 0.2) is 96.8 Å². The van der Waals surface area contributed by atoms with E-state index in [0.717, 1.165) is 25.9 Å². The molecule has 1 saturated heterocycles. The van der Waals surface area contributed by atoms with Gasteiger partial charge in [-0.05, 0) is 92.2 Å². The van der Waals surface area contributed by atoms with Crippen LogP contribution in [-0.4, -0.2) is 18.0 Å². The van der Waals surface area contributed by atoms with E-state index in [-0.39, 0.29) is 0 Å². The third-order valence-corrected chi connectivity index (χ3v) is 7.75. The van der Waals surface area contributed by atoms with Crippen molar-refractivity contribution >= 4 is 5.57 Å². The molecule has 1 atom stereocenters. The van der Waals surface area contributed by atoms with Crippen LogP contribution in [0.5, 0.6) is 0 Å². The number of nitrogens with zero attached hydrogens (tertiary/aromatic N) is 1. The maximum atomic E-state index is 4.44. The Morgan fingerprint density at radius 1 is 1.03 bits per heavy atom. The first-order valence-corrected chi connectivity index (χ1v) is 14.0. The molecule has 3 rings (SSSR count). The minimum absolute atomic E-state index is 0.486. The largest absolute Gasteiger partial charge is 0.375 e. The first-order valence-electron chi connectivity index (χ1n) is 14.0. The molecule has 1 nitrogen and oxygen atoms in total. The molecule has 1 unspecified atom stereocenters. The Bertz CT molecular complexity index is 1160. The number of hydrogen-bond acceptors (Lipinski definition) is 1. The number of rotatable bonds is 10. The molecule has 2 aromatic carbocycles. The van der Waals surface area contributed by atoms with Crippen LogP contribution in [0.3, 0.4) is 0 Å². The van der Waals surface area contributed by atoms with Crippen molar-refractivity contribution in [1.29, 1.82) is 0 Å². The van der Waals surface area contributed by atoms with Crippen molar-refractivity contribution in [2.45, 2.75) is 73.1 Å². The van der Waals surface area contributed by atoms with Gasteiger partial charge in [-0.3, -0.25) is 0 Å². The second-order valence-electron chi connectivity index (χ2n) is 11.1. The Morgan fingerprint density at radius 2 is 1.70 bits per heavy atom. The predicted octanol–water partition coefficient (Wildman–Crippen LogP) is 9.75. The summed E-state index contributed by atoms with van der Waals surface area (Å²) < 4.78 is 0. The van der Waals surface area contributed by atoms with Gasteiger partial charge in [-0.2, -0.15) is 0 Å². The Labute approximate surface area is 227 Å². The highest BCUT2D eigenvalue weighted by Crippen LogP contribution is 2.35. The number of hydrogen-bond donors (Lipinski definition) is 0. The van der Waals surface area contributed by atoms with Gasteiger partial charge in [0.25, 0.3) is 0 Å². The fraction of sp³-hybridized carbons (Fsp3) is 0.389. The van der Waals surface area contributed by atoms with Gasteiger partial charge in [0.05, 0.1) is 0 Å². The topological polar surface area (TPSA) is 3.24 Å². The van der Waals surface area contributed by atoms with E-state index in [0.29, 0.717) is 11.8 Å². The van der Waals surface area contributed by atoms with Crippen molar-refractivity contribution in [1.82, 2.24) is 4.90 Å². The van der Waals surface area contributed by atoms with Crippen molar-refractivity contribution in [3.63, 3.8) is 0 Å². The predicted molar refractivity (Wildman–Crippen MR) is 164 cm³/mol. The van der Waals surface area contributed by atoms with Crippen molar-refractivity contribution in [3.05, 3.63) is 125 Å². The molecule has 1 aliphatic heterocycles. The smallest absolute Gasteiger partial charge is 0.0180 e. The van der Waals surface area contributed by atoms with Crippen LogP contribution >= 0.6 is 0 Å². The summed E-state index contributed by atoms with van der Waals surface area (Å²) in [6, 6.07) is 16.0. The standard InChI is InChI=1S/C36H47N/c1-9-11-32(22-26(3)4)24-35(28(6)10-2)36-25-34(17-14-29(36)7)33-18-20-37(21-19-33)30(8)23-31-15-12-27(5)13-16-31/h9,11-17,22,24-25,28,33H,1,8,10,18-21,23H2,2-7H3/b32-11+,35-24+. The molecule has 1 aliphatic rings. The maximum absolute atomic E-state index is 4.44. The van der Waals surface area contributed by atoms with Crippen molar-refractivity contribution in [3.8, 4) is 0 Å². The second kappa shape index (κ2) is 13.5. The van der Waals surface area contributed by atoms with E-state index in [1.807, 2.05) is 6.08 Å². The molecule has 0 N–H and O–H groups in total. The maximum Gasteiger partial charge on any atom is 0.0180 e. The van der Waals surface area contributed by atoms with Gasteiger partial charge in [-0.1, -0.05) is 105 Å². The molecule has 0 bridgehead atoms. The molecule has 37 heavy (non-hydrogen) atoms. The molecule has 0 spiro atoms. The third-order valence-electron chi connectivity index (χ3n) is 7.75. The van der Waals surface area contributed by atoms with Crippen molar-refractivity contribution < 1.29 is 0 Å². The summed E-state index contributed by atoms with van der Waals surface area (Å²) in [4.78, 5) is 2.50. The molecule has 2 aromatic rings. The summed E-state index contributed by atoms with van der Waals surface area (Å²) in [5.74, 6) is 1.08. The summed E-state index contributed by atoms with van der Waals surface area (Å²) in [6.07, 6.45) is 13.1. The zero-order valence-corrected chi connectivity index (χ0v) is 24.1. The summed E-state index contributed by atoms with van der Waals surface area (Å²) in [5, 5.41) is 0. The lowest BCUT2D eigenvalue weighted by molar-refractivity contribution is 0.259. The molecule has 1 heterocycles. The zero-order chi connectivity index (χ0) is 26.9. The number of allylic oxidation sites excluding steroid dienone is 8. The Hall–Kier alpha value is -3.06. The highest BCUT2D eigenvalue weighted by Gasteiger charge is 2.23. The van der Waals surface area contributed by atoms with Gasteiger partial charge in [0, 0.05) is 25.2 Å². The SMILES string of the molecule is C=C/C=C(C=C(C)C)/C=C(/c1cc(C2CCN(C(=C)Cc3ccc(C)cc3)CC2)ccc1C)C(C)CC. The molecular weight excluding hydrogens is 446 g/mol. The van der Waals surface area contributed by atoms with Gasteiger partial charge in [0.2, 0.25) is 0 Å². The molecule has 1 fully saturated rings. The van der Waals surface area contributed by atoms with Gasteiger partial charge >= 0.3 is 0 Å². The van der Waals surface area contributed by atoms with Crippen LogP contribution in [0.2, 0.25) is 0 Å². The second-order valence-corrected chi connectivity index (χ2v) is 11.1. The lowest BCUT2D eigenvalue weighted by atomic mass is 9.83. The van der Waals surface area contributed by atoms with E-state index in [2.05, 4.69) is 120 Å². The van der Waals surface area contributed by atoms with Crippen molar-refractivity contribution in [2.24, 2.45) is 5.92 Å². The minimum atomic E-state index is 0.486. The lowest BCUT2D eigenvalue weighted by Crippen LogP contribution is -2.32. The van der Waals surface area contributed by atoms with Gasteiger partial charge in [0.1, 0.15) is 0 Å². The molecular formula is C36H47N. The first kappa shape index (κ1) is 28.5. The molecule has 0 aliphatic carbocycles. The third kappa shape index (κ3) is 7.96. The van der Waals surface area contributed by atoms with E-state index in [9.17, 15) is 0 Å². The molecule has 196 valence electrons. The van der Waals surface area contributed by atoms with Gasteiger partial charge < -0.3 is 4.90 Å². The van der Waals surface area contributed by atoms with Crippen LogP contribution in [0, 0.1) is 19.8 Å². The molecule has 0 amide bonds. The van der Waals surface area contributed by atoms with Crippen LogP contribution < -0.4 is 0 Å². The number of aryl methyl sites for hydroxylation is 2. The monoisotopic (exact) mass is 493 g/mol. The number of likely N-dealkylation sites (tertiary alicyclic amines) is 1. The molecule has 0 saturated carbocycles. The fourth-order valence-corrected chi connectivity index (χ4v) is 5.28. The molecule has 1 heteroatoms. The molecule has 0 aromatic heterocycles. The summed E-state index contributed by atoms with van der Waals surface area (Å²) in [7, 11) is 0. The average molecular weight is 494 g/mol. The van der Waals surface area contributed by atoms with Gasteiger partial charge in [-0.25, -0.2) is 0 Å². The van der Waals surface area contributed by atoms with Crippen LogP contribution in [0.1, 0.15) is 80.7 Å². The number of piperidine rings is 1. The van der Waals surface area contributed by atoms with Crippen molar-refractivity contribution in [2.75, 3.05) is 13.1 Å². The zero-order valence-electron chi connectivity index (χ0n) is 24.1. The van der Waals surface area contributed by atoms with E-state index >= 15 is 0 Å². The Kier molecular flexibility index (Phi) is 10.4. The lowest BCUT2D eigenvalue weighted by Gasteiger charge is -2.35. The first-order chi connectivity index (χ1) is 17.7. The van der Waals surface area contributed by atoms with Crippen LogP contribution in [0.25, 0.3) is 5.57 Å². The summed E-state index contributed by atoms with van der Waals surface area (Å²) in [6.45, 7) is 23.9. The van der Waals surface area contributed by atoms with E-state index in [4.69, 9.17) is 0 Å². The Morgan fingerprint density at radius 3 is 2.30 bits per heavy atom. The van der Waals surface area contributed by atoms with Crippen LogP contribution in [0.4, 0.5) is 0 Å². The quantitative estimate of drug-likeness (QED) is 0.298.